The molecule has 0 spiro atoms. The van der Waals surface area contributed by atoms with Gasteiger partial charge in [0.05, 0.1) is 22.0 Å². The first-order valence-corrected chi connectivity index (χ1v) is 14.1. The number of hydrogen-bond donors (Lipinski definition) is 1. The van der Waals surface area contributed by atoms with Crippen molar-refractivity contribution in [2.45, 2.75) is 30.8 Å². The molecule has 0 saturated heterocycles. The minimum Gasteiger partial charge on any atom is -0.481 e. The molecule has 1 aliphatic heterocycles. The monoisotopic (exact) mass is 586 g/mol. The van der Waals surface area contributed by atoms with Gasteiger partial charge in [0, 0.05) is 23.7 Å². The summed E-state index contributed by atoms with van der Waals surface area (Å²) < 4.78 is 34.0. The smallest absolute Gasteiger partial charge is 0.323 e. The van der Waals surface area contributed by atoms with Crippen molar-refractivity contribution in [1.29, 1.82) is 0 Å². The van der Waals surface area contributed by atoms with E-state index in [1.54, 1.807) is 24.3 Å². The second-order valence-corrected chi connectivity index (χ2v) is 11.3. The highest BCUT2D eigenvalue weighted by atomic mass is 35.5. The van der Waals surface area contributed by atoms with Crippen LogP contribution < -0.4 is 9.64 Å². The summed E-state index contributed by atoms with van der Waals surface area (Å²) >= 11 is 12.3. The van der Waals surface area contributed by atoms with Gasteiger partial charge in [0.1, 0.15) is 18.4 Å². The topological polar surface area (TPSA) is 104 Å². The number of sulfonamides is 1. The number of fused-ring (bicyclic) bond motifs is 1. The number of anilines is 1. The second-order valence-electron chi connectivity index (χ2n) is 8.54. The zero-order valence-corrected chi connectivity index (χ0v) is 23.1. The summed E-state index contributed by atoms with van der Waals surface area (Å²) in [5.41, 5.74) is 0.947. The van der Waals surface area contributed by atoms with E-state index in [0.29, 0.717) is 28.4 Å². The number of halogens is 2. The molecule has 1 heterocycles. The predicted octanol–water partition coefficient (Wildman–Crippen LogP) is 5.09. The molecule has 1 unspecified atom stereocenters. The SMILES string of the molecule is CCC#CCOc1ccc(S(=O)(=O)N2Cc3ccccc3N(C(=O)c3ccc(Cl)cc3Cl)CC2C(=O)O)cc1. The van der Waals surface area contributed by atoms with E-state index in [4.69, 9.17) is 27.9 Å². The van der Waals surface area contributed by atoms with E-state index in [1.807, 2.05) is 6.92 Å². The number of ether oxygens (including phenoxy) is 1. The summed E-state index contributed by atoms with van der Waals surface area (Å²) in [6.07, 6.45) is 0.694. The van der Waals surface area contributed by atoms with Gasteiger partial charge in [-0.05, 0) is 54.1 Å². The average molecular weight is 587 g/mol. The molecule has 8 nitrogen and oxygen atoms in total. The highest BCUT2D eigenvalue weighted by molar-refractivity contribution is 7.89. The van der Waals surface area contributed by atoms with Crippen molar-refractivity contribution in [1.82, 2.24) is 4.31 Å². The fourth-order valence-corrected chi connectivity index (χ4v) is 6.18. The third kappa shape index (κ3) is 6.21. The normalized spacial score (nSPS) is 15.5. The Morgan fingerprint density at radius 2 is 1.77 bits per heavy atom. The number of aliphatic carboxylic acids is 1. The maximum Gasteiger partial charge on any atom is 0.323 e. The Labute approximate surface area is 236 Å². The number of nitrogens with zero attached hydrogens (tertiary/aromatic N) is 2. The summed E-state index contributed by atoms with van der Waals surface area (Å²) in [7, 11) is -4.31. The fraction of sp³-hybridized carbons (Fsp3) is 0.214. The van der Waals surface area contributed by atoms with Crippen LogP contribution in [0.5, 0.6) is 5.75 Å². The van der Waals surface area contributed by atoms with Crippen LogP contribution in [0.25, 0.3) is 0 Å². The summed E-state index contributed by atoms with van der Waals surface area (Å²) in [6.45, 7) is 1.37. The first-order chi connectivity index (χ1) is 18.6. The minimum atomic E-state index is -4.31. The van der Waals surface area contributed by atoms with Gasteiger partial charge in [-0.1, -0.05) is 54.2 Å². The van der Waals surface area contributed by atoms with Crippen LogP contribution in [0.2, 0.25) is 10.0 Å². The number of amides is 1. The number of hydrogen-bond acceptors (Lipinski definition) is 5. The zero-order chi connectivity index (χ0) is 28.2. The van der Waals surface area contributed by atoms with Gasteiger partial charge in [0.2, 0.25) is 10.0 Å². The third-order valence-electron chi connectivity index (χ3n) is 6.05. The van der Waals surface area contributed by atoms with Crippen LogP contribution >= 0.6 is 23.2 Å². The molecule has 11 heteroatoms. The van der Waals surface area contributed by atoms with Crippen molar-refractivity contribution in [3.05, 3.63) is 87.9 Å². The number of carboxylic acids is 1. The van der Waals surface area contributed by atoms with Crippen LogP contribution in [-0.4, -0.2) is 48.9 Å². The Bertz CT molecular complexity index is 1560. The summed E-state index contributed by atoms with van der Waals surface area (Å²) in [5.74, 6) is 4.15. The molecule has 0 bridgehead atoms. The quantitative estimate of drug-likeness (QED) is 0.403. The van der Waals surface area contributed by atoms with E-state index < -0.39 is 34.5 Å². The standard InChI is InChI=1S/C28H24Cl2N2O6S/c1-2-3-6-15-38-21-10-12-22(13-11-21)39(36,37)32-17-19-7-4-5-8-25(19)31(18-26(32)28(34)35)27(33)23-14-9-20(29)16-24(23)30/h4-5,7-14,16,26H,2,15,17-18H2,1H3,(H,34,35). The summed E-state index contributed by atoms with van der Waals surface area (Å²) in [5, 5.41) is 10.6. The molecule has 0 aliphatic carbocycles. The Morgan fingerprint density at radius 1 is 1.05 bits per heavy atom. The molecule has 3 aromatic carbocycles. The molecule has 202 valence electrons. The van der Waals surface area contributed by atoms with Crippen LogP contribution in [0.4, 0.5) is 5.69 Å². The lowest BCUT2D eigenvalue weighted by molar-refractivity contribution is -0.141. The molecular weight excluding hydrogens is 563 g/mol. The summed E-state index contributed by atoms with van der Waals surface area (Å²) in [4.78, 5) is 27.2. The molecule has 1 aliphatic rings. The first-order valence-electron chi connectivity index (χ1n) is 11.9. The highest BCUT2D eigenvalue weighted by Crippen LogP contribution is 2.33. The molecule has 4 rings (SSSR count). The maximum absolute atomic E-state index is 13.8. The second kappa shape index (κ2) is 12.1. The van der Waals surface area contributed by atoms with Gasteiger partial charge >= 0.3 is 5.97 Å². The van der Waals surface area contributed by atoms with E-state index >= 15 is 0 Å². The van der Waals surface area contributed by atoms with Crippen LogP contribution in [0.15, 0.2) is 71.6 Å². The number of carbonyl (C=O) groups excluding carboxylic acids is 1. The summed E-state index contributed by atoms with van der Waals surface area (Å²) in [6, 6.07) is 15.1. The molecule has 0 radical (unpaired) electrons. The minimum absolute atomic E-state index is 0.0913. The molecule has 39 heavy (non-hydrogen) atoms. The Morgan fingerprint density at radius 3 is 2.44 bits per heavy atom. The number of benzene rings is 3. The lowest BCUT2D eigenvalue weighted by Crippen LogP contribution is -2.50. The van der Waals surface area contributed by atoms with E-state index in [-0.39, 0.29) is 28.6 Å². The van der Waals surface area contributed by atoms with Crippen molar-refractivity contribution in [2.75, 3.05) is 18.1 Å². The van der Waals surface area contributed by atoms with Crippen LogP contribution in [0.1, 0.15) is 29.3 Å². The van der Waals surface area contributed by atoms with E-state index in [1.165, 1.54) is 47.4 Å². The van der Waals surface area contributed by atoms with Crippen molar-refractivity contribution in [2.24, 2.45) is 0 Å². The molecule has 1 N–H and O–H groups in total. The van der Waals surface area contributed by atoms with Gasteiger partial charge in [-0.15, -0.1) is 5.92 Å². The number of carboxylic acid groups (broad SMARTS) is 1. The zero-order valence-electron chi connectivity index (χ0n) is 20.8. The van der Waals surface area contributed by atoms with Crippen molar-refractivity contribution < 1.29 is 27.9 Å². The fourth-order valence-electron chi connectivity index (χ4n) is 4.14. The van der Waals surface area contributed by atoms with Crippen molar-refractivity contribution >= 4 is 50.8 Å². The lowest BCUT2D eigenvalue weighted by Gasteiger charge is -2.28. The largest absolute Gasteiger partial charge is 0.481 e. The number of para-hydroxylation sites is 1. The molecule has 0 fully saturated rings. The maximum atomic E-state index is 13.8. The van der Waals surface area contributed by atoms with Gasteiger partial charge < -0.3 is 14.7 Å². The molecule has 1 amide bonds. The van der Waals surface area contributed by atoms with Gasteiger partial charge in [-0.2, -0.15) is 4.31 Å². The van der Waals surface area contributed by atoms with Gasteiger partial charge in [-0.3, -0.25) is 9.59 Å². The number of rotatable bonds is 6. The lowest BCUT2D eigenvalue weighted by atomic mass is 10.1. The molecule has 1 atom stereocenters. The van der Waals surface area contributed by atoms with Gasteiger partial charge in [-0.25, -0.2) is 8.42 Å². The van der Waals surface area contributed by atoms with E-state index in [2.05, 4.69) is 11.8 Å². The van der Waals surface area contributed by atoms with Gasteiger partial charge in [0.25, 0.3) is 5.91 Å². The van der Waals surface area contributed by atoms with Crippen molar-refractivity contribution in [3.63, 3.8) is 0 Å². The van der Waals surface area contributed by atoms with E-state index in [0.717, 1.165) is 4.31 Å². The number of carbonyl (C=O) groups is 2. The highest BCUT2D eigenvalue weighted by Gasteiger charge is 2.42. The van der Waals surface area contributed by atoms with E-state index in [9.17, 15) is 23.1 Å². The average Bonchev–Trinajstić information content (AvgIpc) is 3.09. The Balaban J connectivity index is 1.71. The molecule has 3 aromatic rings. The predicted molar refractivity (Wildman–Crippen MR) is 149 cm³/mol. The first kappa shape index (κ1) is 28.5. The molecule has 0 aromatic heterocycles. The molecular formula is C28H24Cl2N2O6S. The third-order valence-corrected chi connectivity index (χ3v) is 8.46. The van der Waals surface area contributed by atoms with Crippen molar-refractivity contribution in [3.8, 4) is 17.6 Å². The van der Waals surface area contributed by atoms with Crippen LogP contribution in [0.3, 0.4) is 0 Å². The Kier molecular flexibility index (Phi) is 8.83. The van der Waals surface area contributed by atoms with Gasteiger partial charge in [0.15, 0.2) is 0 Å². The van der Waals surface area contributed by atoms with Crippen LogP contribution in [0, 0.1) is 11.8 Å². The Hall–Kier alpha value is -3.55. The van der Waals surface area contributed by atoms with Crippen LogP contribution in [-0.2, 0) is 21.4 Å². The molecule has 0 saturated carbocycles.